The number of hydrogen-bond acceptors (Lipinski definition) is 1. The normalized spacial score (nSPS) is 11.6. The first kappa shape index (κ1) is 12.4. The number of benzene rings is 1. The summed E-state index contributed by atoms with van der Waals surface area (Å²) in [5.74, 6) is 0. The fraction of sp³-hybridized carbons (Fsp3) is 0.154. The van der Waals surface area contributed by atoms with Gasteiger partial charge in [0.25, 0.3) is 0 Å². The number of aromatic amines is 1. The molecule has 0 saturated carbocycles. The van der Waals surface area contributed by atoms with Crippen molar-refractivity contribution >= 4 is 0 Å². The van der Waals surface area contributed by atoms with Crippen LogP contribution in [-0.4, -0.2) is 4.98 Å². The third kappa shape index (κ3) is 2.61. The first-order valence-corrected chi connectivity index (χ1v) is 5.25. The molecule has 0 atom stereocenters. The number of pyridine rings is 1. The zero-order valence-electron chi connectivity index (χ0n) is 9.51. The molecule has 2 nitrogen and oxygen atoms in total. The van der Waals surface area contributed by atoms with Crippen LogP contribution in [0.25, 0.3) is 11.3 Å². The second kappa shape index (κ2) is 4.33. The predicted octanol–water partition coefficient (Wildman–Crippen LogP) is 3.37. The van der Waals surface area contributed by atoms with Crippen LogP contribution in [0.1, 0.15) is 11.1 Å². The summed E-state index contributed by atoms with van der Waals surface area (Å²) in [5, 5.41) is 0. The van der Waals surface area contributed by atoms with E-state index >= 15 is 0 Å². The van der Waals surface area contributed by atoms with Gasteiger partial charge in [0.15, 0.2) is 0 Å². The van der Waals surface area contributed by atoms with E-state index in [-0.39, 0.29) is 5.56 Å². The van der Waals surface area contributed by atoms with Gasteiger partial charge >= 0.3 is 6.18 Å². The van der Waals surface area contributed by atoms with Crippen LogP contribution in [0.15, 0.2) is 41.2 Å². The number of H-pyrrole nitrogens is 1. The first-order valence-electron chi connectivity index (χ1n) is 5.25. The maximum absolute atomic E-state index is 12.4. The smallest absolute Gasteiger partial charge is 0.322 e. The Morgan fingerprint density at radius 1 is 1.06 bits per heavy atom. The molecule has 94 valence electrons. The third-order valence-corrected chi connectivity index (χ3v) is 2.51. The van der Waals surface area contributed by atoms with E-state index in [0.717, 1.165) is 17.7 Å². The molecule has 0 unspecified atom stereocenters. The molecule has 0 aliphatic heterocycles. The number of halogens is 3. The molecule has 5 heteroatoms. The minimum absolute atomic E-state index is 0.273. The van der Waals surface area contributed by atoms with E-state index in [9.17, 15) is 18.0 Å². The highest BCUT2D eigenvalue weighted by molar-refractivity contribution is 5.60. The van der Waals surface area contributed by atoms with Crippen LogP contribution in [0.2, 0.25) is 0 Å². The average molecular weight is 253 g/mol. The quantitative estimate of drug-likeness (QED) is 0.830. The van der Waals surface area contributed by atoms with Gasteiger partial charge in [-0.2, -0.15) is 13.2 Å². The summed E-state index contributed by atoms with van der Waals surface area (Å²) in [5.41, 5.74) is 0.831. The predicted molar refractivity (Wildman–Crippen MR) is 62.2 cm³/mol. The Morgan fingerprint density at radius 3 is 2.17 bits per heavy atom. The number of aromatic nitrogens is 1. The van der Waals surface area contributed by atoms with Gasteiger partial charge in [-0.15, -0.1) is 0 Å². The standard InChI is InChI=1S/C13H10F3NO/c1-8-6-11(17-12(18)7-8)9-2-4-10(5-3-9)13(14,15)16/h2-7H,1H3,(H,17,18). The van der Waals surface area contributed by atoms with Crippen LogP contribution in [0.4, 0.5) is 13.2 Å². The lowest BCUT2D eigenvalue weighted by Gasteiger charge is -2.08. The molecule has 0 bridgehead atoms. The molecule has 0 fully saturated rings. The topological polar surface area (TPSA) is 32.9 Å². The van der Waals surface area contributed by atoms with Crippen molar-refractivity contribution in [2.24, 2.45) is 0 Å². The Labute approximate surface area is 101 Å². The summed E-state index contributed by atoms with van der Waals surface area (Å²) in [6.45, 7) is 1.75. The molecule has 0 spiro atoms. The van der Waals surface area contributed by atoms with Crippen molar-refractivity contribution in [3.63, 3.8) is 0 Å². The highest BCUT2D eigenvalue weighted by Gasteiger charge is 2.29. The second-order valence-electron chi connectivity index (χ2n) is 4.01. The van der Waals surface area contributed by atoms with Crippen LogP contribution < -0.4 is 5.56 Å². The molecule has 1 heterocycles. The lowest BCUT2D eigenvalue weighted by molar-refractivity contribution is -0.137. The van der Waals surface area contributed by atoms with Gasteiger partial charge in [-0.3, -0.25) is 4.79 Å². The van der Waals surface area contributed by atoms with Gasteiger partial charge in [0.05, 0.1) is 5.56 Å². The van der Waals surface area contributed by atoms with Crippen LogP contribution in [0.3, 0.4) is 0 Å². The number of alkyl halides is 3. The van der Waals surface area contributed by atoms with Crippen LogP contribution in [-0.2, 0) is 6.18 Å². The van der Waals surface area contributed by atoms with Gasteiger partial charge in [0, 0.05) is 11.8 Å². The number of aryl methyl sites for hydroxylation is 1. The lowest BCUT2D eigenvalue weighted by Crippen LogP contribution is -2.06. The van der Waals surface area contributed by atoms with E-state index in [1.54, 1.807) is 13.0 Å². The summed E-state index contributed by atoms with van der Waals surface area (Å²) >= 11 is 0. The van der Waals surface area contributed by atoms with Crippen molar-refractivity contribution in [1.82, 2.24) is 4.98 Å². The summed E-state index contributed by atoms with van der Waals surface area (Å²) in [7, 11) is 0. The largest absolute Gasteiger partial charge is 0.416 e. The molecule has 2 aromatic rings. The summed E-state index contributed by atoms with van der Waals surface area (Å²) in [6, 6.07) is 7.81. The van der Waals surface area contributed by atoms with E-state index in [1.807, 2.05) is 0 Å². The molecule has 2 rings (SSSR count). The molecule has 0 aliphatic rings. The first-order chi connectivity index (χ1) is 8.36. The number of rotatable bonds is 1. The van der Waals surface area contributed by atoms with E-state index in [4.69, 9.17) is 0 Å². The van der Waals surface area contributed by atoms with Gasteiger partial charge < -0.3 is 4.98 Å². The van der Waals surface area contributed by atoms with E-state index in [0.29, 0.717) is 11.3 Å². The fourth-order valence-electron chi connectivity index (χ4n) is 1.68. The molecule has 1 aromatic carbocycles. The molecular weight excluding hydrogens is 243 g/mol. The Bertz CT molecular complexity index is 611. The van der Waals surface area contributed by atoms with E-state index in [1.165, 1.54) is 18.2 Å². The second-order valence-corrected chi connectivity index (χ2v) is 4.01. The molecule has 0 amide bonds. The summed E-state index contributed by atoms with van der Waals surface area (Å²) < 4.78 is 37.2. The minimum Gasteiger partial charge on any atom is -0.322 e. The third-order valence-electron chi connectivity index (χ3n) is 2.51. The molecule has 1 N–H and O–H groups in total. The maximum atomic E-state index is 12.4. The number of hydrogen-bond donors (Lipinski definition) is 1. The summed E-state index contributed by atoms with van der Waals surface area (Å²) in [4.78, 5) is 13.9. The van der Waals surface area contributed by atoms with Gasteiger partial charge in [0.1, 0.15) is 0 Å². The molecule has 0 aliphatic carbocycles. The monoisotopic (exact) mass is 253 g/mol. The van der Waals surface area contributed by atoms with Crippen LogP contribution in [0, 0.1) is 6.92 Å². The maximum Gasteiger partial charge on any atom is 0.416 e. The fourth-order valence-corrected chi connectivity index (χ4v) is 1.68. The highest BCUT2D eigenvalue weighted by Crippen LogP contribution is 2.30. The molecule has 0 radical (unpaired) electrons. The van der Waals surface area contributed by atoms with Gasteiger partial charge in [0.2, 0.25) is 5.56 Å². The average Bonchev–Trinajstić information content (AvgIpc) is 2.27. The Kier molecular flexibility index (Phi) is 2.98. The lowest BCUT2D eigenvalue weighted by atomic mass is 10.1. The van der Waals surface area contributed by atoms with E-state index in [2.05, 4.69) is 4.98 Å². The number of nitrogens with one attached hydrogen (secondary N) is 1. The van der Waals surface area contributed by atoms with Gasteiger partial charge in [-0.1, -0.05) is 12.1 Å². The molecule has 18 heavy (non-hydrogen) atoms. The molecule has 1 aromatic heterocycles. The van der Waals surface area contributed by atoms with Crippen molar-refractivity contribution < 1.29 is 13.2 Å². The van der Waals surface area contributed by atoms with Crippen LogP contribution >= 0.6 is 0 Å². The van der Waals surface area contributed by atoms with Crippen molar-refractivity contribution in [2.45, 2.75) is 13.1 Å². The van der Waals surface area contributed by atoms with E-state index < -0.39 is 11.7 Å². The molecule has 0 saturated heterocycles. The summed E-state index contributed by atoms with van der Waals surface area (Å²) in [6.07, 6.45) is -4.35. The highest BCUT2D eigenvalue weighted by atomic mass is 19.4. The SMILES string of the molecule is Cc1cc(-c2ccc(C(F)(F)F)cc2)[nH]c(=O)c1. The Balaban J connectivity index is 2.43. The zero-order chi connectivity index (χ0) is 13.3. The van der Waals surface area contributed by atoms with Crippen molar-refractivity contribution in [3.05, 3.63) is 57.9 Å². The molecular formula is C13H10F3NO. The Hall–Kier alpha value is -2.04. The van der Waals surface area contributed by atoms with Gasteiger partial charge in [-0.05, 0) is 36.2 Å². The van der Waals surface area contributed by atoms with Crippen molar-refractivity contribution in [2.75, 3.05) is 0 Å². The Morgan fingerprint density at radius 2 is 1.67 bits per heavy atom. The minimum atomic E-state index is -4.35. The van der Waals surface area contributed by atoms with Crippen molar-refractivity contribution in [3.8, 4) is 11.3 Å². The zero-order valence-corrected chi connectivity index (χ0v) is 9.51. The van der Waals surface area contributed by atoms with Crippen LogP contribution in [0.5, 0.6) is 0 Å². The van der Waals surface area contributed by atoms with Gasteiger partial charge in [-0.25, -0.2) is 0 Å². The van der Waals surface area contributed by atoms with Crippen molar-refractivity contribution in [1.29, 1.82) is 0 Å².